The lowest BCUT2D eigenvalue weighted by Gasteiger charge is -2.27. The summed E-state index contributed by atoms with van der Waals surface area (Å²) in [6.07, 6.45) is 5.37. The molecule has 2 aliphatic rings. The molecule has 142 valence electrons. The second kappa shape index (κ2) is 11.5. The van der Waals surface area contributed by atoms with E-state index in [-0.39, 0.29) is 24.0 Å². The van der Waals surface area contributed by atoms with Crippen molar-refractivity contribution in [2.45, 2.75) is 71.5 Å². The summed E-state index contributed by atoms with van der Waals surface area (Å²) in [5.41, 5.74) is 0. The SMILES string of the molecule is CCNC(=NCC1CCCN1CC)NCCN(C(C)C)C1CC1.I. The zero-order chi connectivity index (χ0) is 16.7. The molecular formula is C18H38IN5. The molecule has 1 heterocycles. The van der Waals surface area contributed by atoms with Crippen molar-refractivity contribution in [1.29, 1.82) is 0 Å². The number of rotatable bonds is 9. The van der Waals surface area contributed by atoms with Crippen LogP contribution in [0.5, 0.6) is 0 Å². The number of aliphatic imine (C=N–C) groups is 1. The van der Waals surface area contributed by atoms with Crippen LogP contribution >= 0.6 is 24.0 Å². The number of halogens is 1. The van der Waals surface area contributed by atoms with Crippen LogP contribution in [0.1, 0.15) is 53.4 Å². The lowest BCUT2D eigenvalue weighted by Crippen LogP contribution is -2.44. The summed E-state index contributed by atoms with van der Waals surface area (Å²) in [7, 11) is 0. The minimum Gasteiger partial charge on any atom is -0.357 e. The summed E-state index contributed by atoms with van der Waals surface area (Å²) in [4.78, 5) is 10.0. The lowest BCUT2D eigenvalue weighted by molar-refractivity contribution is 0.215. The fourth-order valence-corrected chi connectivity index (χ4v) is 3.63. The Labute approximate surface area is 166 Å². The quantitative estimate of drug-likeness (QED) is 0.321. The van der Waals surface area contributed by atoms with E-state index in [4.69, 9.17) is 4.99 Å². The van der Waals surface area contributed by atoms with Gasteiger partial charge in [0.25, 0.3) is 0 Å². The van der Waals surface area contributed by atoms with E-state index in [2.05, 4.69) is 48.1 Å². The van der Waals surface area contributed by atoms with Gasteiger partial charge in [-0.25, -0.2) is 0 Å². The third-order valence-corrected chi connectivity index (χ3v) is 5.05. The number of guanidine groups is 1. The van der Waals surface area contributed by atoms with Gasteiger partial charge in [0.05, 0.1) is 6.54 Å². The van der Waals surface area contributed by atoms with Crippen molar-refractivity contribution in [2.75, 3.05) is 39.3 Å². The van der Waals surface area contributed by atoms with Crippen molar-refractivity contribution in [1.82, 2.24) is 20.4 Å². The van der Waals surface area contributed by atoms with Crippen molar-refractivity contribution >= 4 is 29.9 Å². The van der Waals surface area contributed by atoms with Gasteiger partial charge in [0.15, 0.2) is 5.96 Å². The molecule has 0 radical (unpaired) electrons. The molecule has 1 aliphatic heterocycles. The summed E-state index contributed by atoms with van der Waals surface area (Å²) in [6, 6.07) is 2.10. The second-order valence-corrected chi connectivity index (χ2v) is 7.13. The van der Waals surface area contributed by atoms with Crippen LogP contribution in [-0.4, -0.2) is 73.2 Å². The van der Waals surface area contributed by atoms with Crippen LogP contribution in [0, 0.1) is 0 Å². The third-order valence-electron chi connectivity index (χ3n) is 5.05. The van der Waals surface area contributed by atoms with Crippen LogP contribution in [0.2, 0.25) is 0 Å². The van der Waals surface area contributed by atoms with Gasteiger partial charge in [-0.2, -0.15) is 0 Å². The zero-order valence-corrected chi connectivity index (χ0v) is 18.4. The summed E-state index contributed by atoms with van der Waals surface area (Å²) >= 11 is 0. The van der Waals surface area contributed by atoms with Gasteiger partial charge in [-0.15, -0.1) is 24.0 Å². The maximum Gasteiger partial charge on any atom is 0.191 e. The Kier molecular flexibility index (Phi) is 10.5. The van der Waals surface area contributed by atoms with Gasteiger partial charge in [-0.05, 0) is 59.5 Å². The average Bonchev–Trinajstić information content (AvgIpc) is 3.26. The molecule has 5 nitrogen and oxygen atoms in total. The zero-order valence-electron chi connectivity index (χ0n) is 16.1. The molecule has 0 amide bonds. The Hall–Kier alpha value is -0.0800. The van der Waals surface area contributed by atoms with Gasteiger partial charge in [-0.3, -0.25) is 14.8 Å². The van der Waals surface area contributed by atoms with Crippen LogP contribution in [0.25, 0.3) is 0 Å². The molecule has 0 aromatic rings. The fourth-order valence-electron chi connectivity index (χ4n) is 3.63. The molecule has 1 saturated heterocycles. The fraction of sp³-hybridized carbons (Fsp3) is 0.944. The number of nitrogens with one attached hydrogen (secondary N) is 2. The first kappa shape index (κ1) is 22.0. The Morgan fingerprint density at radius 1 is 1.21 bits per heavy atom. The monoisotopic (exact) mass is 451 g/mol. The van der Waals surface area contributed by atoms with Crippen LogP contribution < -0.4 is 10.6 Å². The predicted octanol–water partition coefficient (Wildman–Crippen LogP) is 2.52. The minimum atomic E-state index is 0. The summed E-state index contributed by atoms with van der Waals surface area (Å²) in [6.45, 7) is 15.3. The molecule has 0 bridgehead atoms. The molecule has 2 N–H and O–H groups in total. The second-order valence-electron chi connectivity index (χ2n) is 7.13. The molecule has 6 heteroatoms. The largest absolute Gasteiger partial charge is 0.357 e. The van der Waals surface area contributed by atoms with Gasteiger partial charge in [0, 0.05) is 37.8 Å². The highest BCUT2D eigenvalue weighted by atomic mass is 127. The topological polar surface area (TPSA) is 42.9 Å². The molecule has 0 aromatic heterocycles. The number of likely N-dealkylation sites (N-methyl/N-ethyl adjacent to an activating group) is 1. The normalized spacial score (nSPS) is 22.1. The van der Waals surface area contributed by atoms with E-state index >= 15 is 0 Å². The first-order valence-electron chi connectivity index (χ1n) is 9.67. The molecule has 2 fully saturated rings. The minimum absolute atomic E-state index is 0. The molecule has 24 heavy (non-hydrogen) atoms. The van der Waals surface area contributed by atoms with Gasteiger partial charge in [0.2, 0.25) is 0 Å². The van der Waals surface area contributed by atoms with Gasteiger partial charge < -0.3 is 10.6 Å². The van der Waals surface area contributed by atoms with Crippen molar-refractivity contribution in [2.24, 2.45) is 4.99 Å². The van der Waals surface area contributed by atoms with Gasteiger partial charge >= 0.3 is 0 Å². The molecule has 1 aliphatic carbocycles. The van der Waals surface area contributed by atoms with E-state index in [1.807, 2.05) is 0 Å². The maximum absolute atomic E-state index is 4.83. The molecule has 1 unspecified atom stereocenters. The molecule has 0 aromatic carbocycles. The van der Waals surface area contributed by atoms with E-state index in [0.29, 0.717) is 12.1 Å². The average molecular weight is 451 g/mol. The standard InChI is InChI=1S/C18H37N5.HI/c1-5-19-18(21-14-17-8-7-12-22(17)6-2)20-11-13-23(15(3)4)16-9-10-16;/h15-17H,5-14H2,1-4H3,(H2,19,20,21);1H. The van der Waals surface area contributed by atoms with E-state index in [9.17, 15) is 0 Å². The highest BCUT2D eigenvalue weighted by Gasteiger charge is 2.30. The first-order chi connectivity index (χ1) is 11.2. The highest BCUT2D eigenvalue weighted by Crippen LogP contribution is 2.27. The van der Waals surface area contributed by atoms with Crippen LogP contribution in [0.4, 0.5) is 0 Å². The van der Waals surface area contributed by atoms with E-state index < -0.39 is 0 Å². The third kappa shape index (κ3) is 7.04. The molecular weight excluding hydrogens is 413 g/mol. The smallest absolute Gasteiger partial charge is 0.191 e. The number of hydrogen-bond acceptors (Lipinski definition) is 3. The lowest BCUT2D eigenvalue weighted by atomic mass is 10.2. The Bertz CT molecular complexity index is 368. The highest BCUT2D eigenvalue weighted by molar-refractivity contribution is 14.0. The number of likely N-dealkylation sites (tertiary alicyclic amines) is 1. The Morgan fingerprint density at radius 3 is 2.54 bits per heavy atom. The molecule has 2 rings (SSSR count). The number of hydrogen-bond donors (Lipinski definition) is 2. The van der Waals surface area contributed by atoms with Crippen LogP contribution in [-0.2, 0) is 0 Å². The Morgan fingerprint density at radius 2 is 1.96 bits per heavy atom. The Balaban J connectivity index is 0.00000288. The maximum atomic E-state index is 4.83. The van der Waals surface area contributed by atoms with Crippen LogP contribution in [0.3, 0.4) is 0 Å². The van der Waals surface area contributed by atoms with Crippen molar-refractivity contribution in [3.05, 3.63) is 0 Å². The summed E-state index contributed by atoms with van der Waals surface area (Å²) in [5, 5.41) is 6.91. The van der Waals surface area contributed by atoms with E-state index in [1.54, 1.807) is 0 Å². The molecule has 1 atom stereocenters. The first-order valence-corrected chi connectivity index (χ1v) is 9.67. The van der Waals surface area contributed by atoms with Crippen LogP contribution in [0.15, 0.2) is 4.99 Å². The number of nitrogens with zero attached hydrogens (tertiary/aromatic N) is 3. The predicted molar refractivity (Wildman–Crippen MR) is 115 cm³/mol. The van der Waals surface area contributed by atoms with Gasteiger partial charge in [0.1, 0.15) is 0 Å². The van der Waals surface area contributed by atoms with Gasteiger partial charge in [-0.1, -0.05) is 6.92 Å². The summed E-state index contributed by atoms with van der Waals surface area (Å²) in [5.74, 6) is 0.981. The summed E-state index contributed by atoms with van der Waals surface area (Å²) < 4.78 is 0. The van der Waals surface area contributed by atoms with E-state index in [0.717, 1.165) is 44.7 Å². The van der Waals surface area contributed by atoms with Crippen molar-refractivity contribution < 1.29 is 0 Å². The molecule has 1 saturated carbocycles. The van der Waals surface area contributed by atoms with E-state index in [1.165, 1.54) is 32.2 Å². The van der Waals surface area contributed by atoms with Crippen molar-refractivity contribution in [3.63, 3.8) is 0 Å². The van der Waals surface area contributed by atoms with Crippen molar-refractivity contribution in [3.8, 4) is 0 Å². The molecule has 0 spiro atoms.